The van der Waals surface area contributed by atoms with Gasteiger partial charge in [0.1, 0.15) is 0 Å². The Labute approximate surface area is 71.8 Å². The molecule has 0 unspecified atom stereocenters. The second kappa shape index (κ2) is 4.92. The molecule has 0 saturated heterocycles. The molecule has 0 fully saturated rings. The number of aromatic nitrogens is 1. The lowest BCUT2D eigenvalue weighted by atomic mass is 10.7. The summed E-state index contributed by atoms with van der Waals surface area (Å²) < 4.78 is 2.16. The minimum Gasteiger partial charge on any atom is -0.353 e. The molecular formula is C9H11NS. The van der Waals surface area contributed by atoms with E-state index in [1.165, 1.54) is 0 Å². The molecule has 0 atom stereocenters. The highest BCUT2D eigenvalue weighted by atomic mass is 32.2. The molecule has 0 aliphatic heterocycles. The van der Waals surface area contributed by atoms with Crippen molar-refractivity contribution in [2.24, 2.45) is 0 Å². The summed E-state index contributed by atoms with van der Waals surface area (Å²) in [6.07, 6.45) is 9.24. The third kappa shape index (κ3) is 3.20. The van der Waals surface area contributed by atoms with Gasteiger partial charge >= 0.3 is 0 Å². The third-order valence-electron chi connectivity index (χ3n) is 1.35. The fourth-order valence-electron chi connectivity index (χ4n) is 0.820. The van der Waals surface area contributed by atoms with Gasteiger partial charge in [-0.25, -0.2) is 0 Å². The first-order valence-corrected chi connectivity index (χ1v) is 4.71. The highest BCUT2D eigenvalue weighted by Gasteiger charge is 1.87. The largest absolute Gasteiger partial charge is 0.353 e. The molecule has 0 aliphatic carbocycles. The van der Waals surface area contributed by atoms with Crippen LogP contribution >= 0.6 is 11.8 Å². The second-order valence-corrected chi connectivity index (χ2v) is 3.28. The lowest BCUT2D eigenvalue weighted by molar-refractivity contribution is 0.779. The van der Waals surface area contributed by atoms with E-state index >= 15 is 0 Å². The van der Waals surface area contributed by atoms with E-state index in [4.69, 9.17) is 6.42 Å². The Morgan fingerprint density at radius 2 is 2.09 bits per heavy atom. The van der Waals surface area contributed by atoms with E-state index in [-0.39, 0.29) is 0 Å². The van der Waals surface area contributed by atoms with Crippen LogP contribution in [0, 0.1) is 12.3 Å². The zero-order valence-electron chi connectivity index (χ0n) is 6.36. The van der Waals surface area contributed by atoms with Crippen LogP contribution in [0.3, 0.4) is 0 Å². The zero-order chi connectivity index (χ0) is 7.94. The molecular weight excluding hydrogens is 154 g/mol. The van der Waals surface area contributed by atoms with Crippen LogP contribution in [0.2, 0.25) is 0 Å². The molecule has 11 heavy (non-hydrogen) atoms. The fourth-order valence-corrected chi connectivity index (χ4v) is 1.42. The lowest BCUT2D eigenvalue weighted by Gasteiger charge is -1.99. The number of terminal acetylenes is 1. The van der Waals surface area contributed by atoms with Crippen molar-refractivity contribution in [1.29, 1.82) is 0 Å². The average Bonchev–Trinajstić information content (AvgIpc) is 2.50. The van der Waals surface area contributed by atoms with E-state index < -0.39 is 0 Å². The summed E-state index contributed by atoms with van der Waals surface area (Å²) >= 11 is 1.79. The van der Waals surface area contributed by atoms with Crippen molar-refractivity contribution in [2.45, 2.75) is 6.54 Å². The van der Waals surface area contributed by atoms with Gasteiger partial charge in [0.25, 0.3) is 0 Å². The highest BCUT2D eigenvalue weighted by Crippen LogP contribution is 2.00. The molecule has 0 aliphatic rings. The second-order valence-electron chi connectivity index (χ2n) is 2.18. The maximum absolute atomic E-state index is 5.11. The molecule has 1 aromatic rings. The zero-order valence-corrected chi connectivity index (χ0v) is 7.18. The van der Waals surface area contributed by atoms with Crippen LogP contribution in [0.5, 0.6) is 0 Å². The average molecular weight is 165 g/mol. The monoisotopic (exact) mass is 165 g/mol. The summed E-state index contributed by atoms with van der Waals surface area (Å²) in [7, 11) is 0. The number of hydrogen-bond acceptors (Lipinski definition) is 1. The molecule has 0 spiro atoms. The van der Waals surface area contributed by atoms with Crippen LogP contribution in [0.4, 0.5) is 0 Å². The molecule has 2 heteroatoms. The van der Waals surface area contributed by atoms with Gasteiger partial charge < -0.3 is 4.57 Å². The first-order chi connectivity index (χ1) is 5.43. The first-order valence-electron chi connectivity index (χ1n) is 3.55. The number of hydrogen-bond donors (Lipinski definition) is 0. The topological polar surface area (TPSA) is 4.93 Å². The van der Waals surface area contributed by atoms with Crippen LogP contribution < -0.4 is 0 Å². The highest BCUT2D eigenvalue weighted by molar-refractivity contribution is 7.99. The van der Waals surface area contributed by atoms with Crippen LogP contribution in [0.25, 0.3) is 0 Å². The molecule has 0 saturated carbocycles. The summed E-state index contributed by atoms with van der Waals surface area (Å²) in [5, 5.41) is 0. The third-order valence-corrected chi connectivity index (χ3v) is 2.19. The van der Waals surface area contributed by atoms with Crippen LogP contribution in [-0.4, -0.2) is 16.1 Å². The Kier molecular flexibility index (Phi) is 3.71. The maximum atomic E-state index is 5.11. The summed E-state index contributed by atoms with van der Waals surface area (Å²) in [6.45, 7) is 1.05. The maximum Gasteiger partial charge on any atom is 0.0545 e. The van der Waals surface area contributed by atoms with Crippen molar-refractivity contribution in [1.82, 2.24) is 4.57 Å². The predicted octanol–water partition coefficient (Wildman–Crippen LogP) is 1.85. The van der Waals surface area contributed by atoms with Gasteiger partial charge in [-0.2, -0.15) is 0 Å². The van der Waals surface area contributed by atoms with Crippen molar-refractivity contribution >= 4 is 11.8 Å². The van der Waals surface area contributed by atoms with Crippen molar-refractivity contribution in [3.63, 3.8) is 0 Å². The van der Waals surface area contributed by atoms with Gasteiger partial charge in [0.05, 0.1) is 5.75 Å². The Hall–Kier alpha value is -0.810. The first kappa shape index (κ1) is 8.29. The van der Waals surface area contributed by atoms with Gasteiger partial charge in [0, 0.05) is 24.7 Å². The van der Waals surface area contributed by atoms with E-state index in [9.17, 15) is 0 Å². The van der Waals surface area contributed by atoms with Gasteiger partial charge in [-0.3, -0.25) is 0 Å². The molecule has 58 valence electrons. The van der Waals surface area contributed by atoms with Crippen LogP contribution in [0.15, 0.2) is 24.5 Å². The van der Waals surface area contributed by atoms with Crippen molar-refractivity contribution in [3.8, 4) is 12.3 Å². The quantitative estimate of drug-likeness (QED) is 0.487. The van der Waals surface area contributed by atoms with E-state index in [0.717, 1.165) is 18.1 Å². The van der Waals surface area contributed by atoms with E-state index in [0.29, 0.717) is 0 Å². The summed E-state index contributed by atoms with van der Waals surface area (Å²) in [4.78, 5) is 0. The molecule has 1 aromatic heterocycles. The van der Waals surface area contributed by atoms with E-state index in [2.05, 4.69) is 22.9 Å². The van der Waals surface area contributed by atoms with Crippen molar-refractivity contribution in [2.75, 3.05) is 11.5 Å². The molecule has 0 aromatic carbocycles. The Bertz CT molecular complexity index is 220. The SMILES string of the molecule is C#CCSCCn1cccc1. The Morgan fingerprint density at radius 1 is 1.36 bits per heavy atom. The van der Waals surface area contributed by atoms with Crippen molar-refractivity contribution in [3.05, 3.63) is 24.5 Å². The lowest BCUT2D eigenvalue weighted by Crippen LogP contribution is -1.96. The molecule has 1 heterocycles. The molecule has 0 N–H and O–H groups in total. The Morgan fingerprint density at radius 3 is 2.73 bits per heavy atom. The van der Waals surface area contributed by atoms with Gasteiger partial charge in [0.2, 0.25) is 0 Å². The number of nitrogens with zero attached hydrogens (tertiary/aromatic N) is 1. The normalized spacial score (nSPS) is 9.36. The van der Waals surface area contributed by atoms with Crippen molar-refractivity contribution < 1.29 is 0 Å². The number of rotatable bonds is 4. The van der Waals surface area contributed by atoms with Crippen LogP contribution in [0.1, 0.15) is 0 Å². The minimum absolute atomic E-state index is 0.821. The van der Waals surface area contributed by atoms with E-state index in [1.807, 2.05) is 12.1 Å². The summed E-state index contributed by atoms with van der Waals surface area (Å²) in [6, 6.07) is 4.07. The van der Waals surface area contributed by atoms with Crippen LogP contribution in [-0.2, 0) is 6.54 Å². The molecule has 1 nitrogen and oxygen atoms in total. The van der Waals surface area contributed by atoms with Gasteiger partial charge in [-0.05, 0) is 12.1 Å². The predicted molar refractivity (Wildman–Crippen MR) is 50.6 cm³/mol. The molecule has 1 rings (SSSR count). The summed E-state index contributed by atoms with van der Waals surface area (Å²) in [5.41, 5.74) is 0. The minimum atomic E-state index is 0.821. The fraction of sp³-hybridized carbons (Fsp3) is 0.333. The summed E-state index contributed by atoms with van der Waals surface area (Å²) in [5.74, 6) is 4.52. The number of thioether (sulfide) groups is 1. The smallest absolute Gasteiger partial charge is 0.0545 e. The van der Waals surface area contributed by atoms with Gasteiger partial charge in [-0.15, -0.1) is 18.2 Å². The number of aryl methyl sites for hydroxylation is 1. The molecule has 0 amide bonds. The van der Waals surface area contributed by atoms with Gasteiger partial charge in [0.15, 0.2) is 0 Å². The Balaban J connectivity index is 2.10. The standard InChI is InChI=1S/C9H11NS/c1-2-8-11-9-7-10-5-3-4-6-10/h1,3-6H,7-9H2. The molecule has 0 radical (unpaired) electrons. The van der Waals surface area contributed by atoms with E-state index in [1.54, 1.807) is 11.8 Å². The van der Waals surface area contributed by atoms with Gasteiger partial charge in [-0.1, -0.05) is 5.92 Å². The molecule has 0 bridgehead atoms.